The maximum absolute atomic E-state index is 14.1. The molecule has 1 saturated carbocycles. The second-order valence-electron chi connectivity index (χ2n) is 9.32. The summed E-state index contributed by atoms with van der Waals surface area (Å²) < 4.78 is 19.1. The standard InChI is InChI=1S/C25H38FN7O/c1-3-33-13-7-10-20(33)17-29-25-31-23(27-15-18-8-5-4-6-9-18)30-24(32-25)28-16-19-11-12-22(34-2)21(26)14-19/h11-12,14,18,20H,3-10,13,15-17H2,1-2H3,(H3,27,28,29,30,31,32). The lowest BCUT2D eigenvalue weighted by Crippen LogP contribution is -2.35. The molecular formula is C25H38FN7O. The number of nitrogens with one attached hydrogen (secondary N) is 3. The molecule has 2 fully saturated rings. The van der Waals surface area contributed by atoms with Crippen LogP contribution in [0.15, 0.2) is 18.2 Å². The van der Waals surface area contributed by atoms with Gasteiger partial charge in [0.1, 0.15) is 0 Å². The molecule has 1 aromatic heterocycles. The van der Waals surface area contributed by atoms with Crippen LogP contribution in [0.4, 0.5) is 22.2 Å². The number of rotatable bonds is 11. The van der Waals surface area contributed by atoms with E-state index in [0.29, 0.717) is 36.3 Å². The number of aromatic nitrogens is 3. The fourth-order valence-corrected chi connectivity index (χ4v) is 4.99. The largest absolute Gasteiger partial charge is 0.494 e. The first-order valence-corrected chi connectivity index (χ1v) is 12.7. The number of benzene rings is 1. The van der Waals surface area contributed by atoms with Crippen molar-refractivity contribution in [2.45, 2.75) is 64.5 Å². The van der Waals surface area contributed by atoms with Gasteiger partial charge in [0.05, 0.1) is 7.11 Å². The summed E-state index contributed by atoms with van der Waals surface area (Å²) in [7, 11) is 1.46. The lowest BCUT2D eigenvalue weighted by atomic mass is 9.89. The molecule has 2 aromatic rings. The van der Waals surface area contributed by atoms with Gasteiger partial charge in [-0.1, -0.05) is 32.3 Å². The number of nitrogens with zero attached hydrogens (tertiary/aromatic N) is 4. The molecule has 0 amide bonds. The van der Waals surface area contributed by atoms with Gasteiger partial charge in [0, 0.05) is 25.7 Å². The molecule has 1 atom stereocenters. The van der Waals surface area contributed by atoms with E-state index in [-0.39, 0.29) is 11.6 Å². The lowest BCUT2D eigenvalue weighted by Gasteiger charge is -2.23. The van der Waals surface area contributed by atoms with E-state index in [1.54, 1.807) is 6.07 Å². The maximum Gasteiger partial charge on any atom is 0.229 e. The summed E-state index contributed by atoms with van der Waals surface area (Å²) in [4.78, 5) is 16.3. The third-order valence-electron chi connectivity index (χ3n) is 6.98. The Kier molecular flexibility index (Phi) is 8.73. The number of hydrogen-bond acceptors (Lipinski definition) is 8. The molecule has 1 aliphatic carbocycles. The zero-order valence-corrected chi connectivity index (χ0v) is 20.4. The molecule has 1 aromatic carbocycles. The summed E-state index contributed by atoms with van der Waals surface area (Å²) in [6.07, 6.45) is 8.88. The average Bonchev–Trinajstić information content (AvgIpc) is 3.33. The number of likely N-dealkylation sites (N-methyl/N-ethyl adjacent to an activating group) is 1. The van der Waals surface area contributed by atoms with Gasteiger partial charge in [-0.3, -0.25) is 4.90 Å². The summed E-state index contributed by atoms with van der Waals surface area (Å²) in [5.41, 5.74) is 0.787. The number of hydrogen-bond donors (Lipinski definition) is 3. The fourth-order valence-electron chi connectivity index (χ4n) is 4.99. The van der Waals surface area contributed by atoms with Crippen LogP contribution in [-0.2, 0) is 6.54 Å². The summed E-state index contributed by atoms with van der Waals surface area (Å²) >= 11 is 0. The Bertz CT molecular complexity index is 922. The first kappa shape index (κ1) is 24.4. The SMILES string of the molecule is CCN1CCCC1CNc1nc(NCc2ccc(OC)c(F)c2)nc(NCC2CCCCC2)n1. The van der Waals surface area contributed by atoms with E-state index in [9.17, 15) is 4.39 Å². The van der Waals surface area contributed by atoms with Crippen LogP contribution in [0.5, 0.6) is 5.75 Å². The van der Waals surface area contributed by atoms with Gasteiger partial charge in [-0.25, -0.2) is 4.39 Å². The number of anilines is 3. The monoisotopic (exact) mass is 471 g/mol. The van der Waals surface area contributed by atoms with Gasteiger partial charge in [-0.05, 0) is 62.4 Å². The molecule has 9 heteroatoms. The van der Waals surface area contributed by atoms with Crippen molar-refractivity contribution in [2.75, 3.05) is 49.2 Å². The zero-order chi connectivity index (χ0) is 23.8. The Hall–Kier alpha value is -2.68. The van der Waals surface area contributed by atoms with E-state index in [2.05, 4.69) is 42.7 Å². The van der Waals surface area contributed by atoms with Crippen molar-refractivity contribution in [1.29, 1.82) is 0 Å². The molecule has 4 rings (SSSR count). The van der Waals surface area contributed by atoms with E-state index in [1.807, 2.05) is 6.07 Å². The number of ether oxygens (including phenoxy) is 1. The third kappa shape index (κ3) is 6.68. The Morgan fingerprint density at radius 1 is 0.941 bits per heavy atom. The molecule has 8 nitrogen and oxygen atoms in total. The van der Waals surface area contributed by atoms with Gasteiger partial charge in [-0.15, -0.1) is 0 Å². The van der Waals surface area contributed by atoms with Crippen molar-refractivity contribution in [3.63, 3.8) is 0 Å². The zero-order valence-electron chi connectivity index (χ0n) is 20.4. The minimum Gasteiger partial charge on any atom is -0.494 e. The minimum absolute atomic E-state index is 0.234. The van der Waals surface area contributed by atoms with Crippen molar-refractivity contribution in [3.05, 3.63) is 29.6 Å². The van der Waals surface area contributed by atoms with Gasteiger partial charge < -0.3 is 20.7 Å². The first-order valence-electron chi connectivity index (χ1n) is 12.7. The summed E-state index contributed by atoms with van der Waals surface area (Å²) in [6, 6.07) is 5.43. The molecule has 0 bridgehead atoms. The van der Waals surface area contributed by atoms with Crippen LogP contribution in [0.3, 0.4) is 0 Å². The Labute approximate surface area is 202 Å². The summed E-state index contributed by atoms with van der Waals surface area (Å²) in [6.45, 7) is 6.50. The quantitative estimate of drug-likeness (QED) is 0.441. The Balaban J connectivity index is 1.43. The van der Waals surface area contributed by atoms with Crippen LogP contribution >= 0.6 is 0 Å². The molecule has 2 aliphatic rings. The van der Waals surface area contributed by atoms with Crippen molar-refractivity contribution in [2.24, 2.45) is 5.92 Å². The van der Waals surface area contributed by atoms with Crippen LogP contribution in [0.1, 0.15) is 57.4 Å². The molecule has 1 aliphatic heterocycles. The van der Waals surface area contributed by atoms with E-state index in [4.69, 9.17) is 4.74 Å². The Morgan fingerprint density at radius 2 is 1.65 bits per heavy atom. The predicted molar refractivity (Wildman–Crippen MR) is 134 cm³/mol. The second kappa shape index (κ2) is 12.1. The van der Waals surface area contributed by atoms with Gasteiger partial charge in [0.2, 0.25) is 17.8 Å². The van der Waals surface area contributed by atoms with Crippen LogP contribution < -0.4 is 20.7 Å². The Morgan fingerprint density at radius 3 is 2.32 bits per heavy atom. The summed E-state index contributed by atoms with van der Waals surface area (Å²) in [5.74, 6) is 2.12. The van der Waals surface area contributed by atoms with Gasteiger partial charge >= 0.3 is 0 Å². The molecule has 0 radical (unpaired) electrons. The third-order valence-corrected chi connectivity index (χ3v) is 6.98. The van der Waals surface area contributed by atoms with E-state index < -0.39 is 0 Å². The molecule has 34 heavy (non-hydrogen) atoms. The average molecular weight is 472 g/mol. The van der Waals surface area contributed by atoms with Crippen molar-refractivity contribution in [3.8, 4) is 5.75 Å². The molecule has 2 heterocycles. The summed E-state index contributed by atoms with van der Waals surface area (Å²) in [5, 5.41) is 10.1. The lowest BCUT2D eigenvalue weighted by molar-refractivity contribution is 0.277. The highest BCUT2D eigenvalue weighted by Gasteiger charge is 2.23. The normalized spacial score (nSPS) is 19.2. The van der Waals surface area contributed by atoms with Crippen LogP contribution in [-0.4, -0.2) is 59.2 Å². The molecule has 3 N–H and O–H groups in total. The van der Waals surface area contributed by atoms with Crippen LogP contribution in [0.2, 0.25) is 0 Å². The van der Waals surface area contributed by atoms with Crippen molar-refractivity contribution < 1.29 is 9.13 Å². The van der Waals surface area contributed by atoms with Crippen LogP contribution in [0, 0.1) is 11.7 Å². The second-order valence-corrected chi connectivity index (χ2v) is 9.32. The number of halogens is 1. The van der Waals surface area contributed by atoms with Gasteiger partial charge in [-0.2, -0.15) is 15.0 Å². The highest BCUT2D eigenvalue weighted by Crippen LogP contribution is 2.24. The topological polar surface area (TPSA) is 87.2 Å². The smallest absolute Gasteiger partial charge is 0.229 e. The van der Waals surface area contributed by atoms with E-state index in [1.165, 1.54) is 58.1 Å². The van der Waals surface area contributed by atoms with Gasteiger partial charge in [0.25, 0.3) is 0 Å². The van der Waals surface area contributed by atoms with Gasteiger partial charge in [0.15, 0.2) is 11.6 Å². The molecule has 1 unspecified atom stereocenters. The maximum atomic E-state index is 14.1. The predicted octanol–water partition coefficient (Wildman–Crippen LogP) is 4.52. The number of methoxy groups -OCH3 is 1. The molecular weight excluding hydrogens is 433 g/mol. The van der Waals surface area contributed by atoms with Crippen molar-refractivity contribution in [1.82, 2.24) is 19.9 Å². The first-order chi connectivity index (χ1) is 16.6. The number of likely N-dealkylation sites (tertiary alicyclic amines) is 1. The van der Waals surface area contributed by atoms with Crippen LogP contribution in [0.25, 0.3) is 0 Å². The highest BCUT2D eigenvalue weighted by atomic mass is 19.1. The fraction of sp³-hybridized carbons (Fsp3) is 0.640. The molecule has 1 saturated heterocycles. The van der Waals surface area contributed by atoms with Crippen molar-refractivity contribution >= 4 is 17.8 Å². The van der Waals surface area contributed by atoms with E-state index >= 15 is 0 Å². The molecule has 186 valence electrons. The minimum atomic E-state index is -0.383. The molecule has 0 spiro atoms. The highest BCUT2D eigenvalue weighted by molar-refractivity contribution is 5.43. The van der Waals surface area contributed by atoms with E-state index in [0.717, 1.165) is 31.7 Å².